The Morgan fingerprint density at radius 3 is 2.50 bits per heavy atom. The molecule has 0 bridgehead atoms. The van der Waals surface area contributed by atoms with E-state index in [2.05, 4.69) is 9.99 Å². The van der Waals surface area contributed by atoms with Gasteiger partial charge in [-0.05, 0) is 27.2 Å². The van der Waals surface area contributed by atoms with Gasteiger partial charge >= 0.3 is 6.16 Å². The number of oxime groups is 1. The molecule has 4 heteroatoms. The first kappa shape index (κ1) is 10.9. The molecule has 0 heterocycles. The highest BCUT2D eigenvalue weighted by Crippen LogP contribution is 2.07. The Labute approximate surface area is 72.5 Å². The Morgan fingerprint density at radius 2 is 2.08 bits per heavy atom. The van der Waals surface area contributed by atoms with Crippen LogP contribution in [0.25, 0.3) is 0 Å². The van der Waals surface area contributed by atoms with Gasteiger partial charge in [0, 0.05) is 6.21 Å². The quantitative estimate of drug-likeness (QED) is 0.278. The maximum absolute atomic E-state index is 10.8. The van der Waals surface area contributed by atoms with Crippen LogP contribution in [0.2, 0.25) is 0 Å². The molecule has 0 radical (unpaired) electrons. The Kier molecular flexibility index (Phi) is 4.33. The summed E-state index contributed by atoms with van der Waals surface area (Å²) in [6, 6.07) is 0. The summed E-state index contributed by atoms with van der Waals surface area (Å²) in [5.41, 5.74) is -0.529. The average molecular weight is 173 g/mol. The Morgan fingerprint density at radius 1 is 1.50 bits per heavy atom. The standard InChI is InChI=1S/C8H15NO3/c1-5-6-9-12-7(10)11-8(2,3)4/h6H,5H2,1-4H3. The number of carbonyl (C=O) groups is 1. The molecular weight excluding hydrogens is 158 g/mol. The lowest BCUT2D eigenvalue weighted by atomic mass is 10.2. The van der Waals surface area contributed by atoms with E-state index in [0.29, 0.717) is 0 Å². The molecule has 70 valence electrons. The molecule has 4 nitrogen and oxygen atoms in total. The van der Waals surface area contributed by atoms with Crippen molar-refractivity contribution in [1.82, 2.24) is 0 Å². The van der Waals surface area contributed by atoms with Crippen LogP contribution in [0.5, 0.6) is 0 Å². The highest BCUT2D eigenvalue weighted by Gasteiger charge is 2.17. The predicted octanol–water partition coefficient (Wildman–Crippen LogP) is 2.33. The van der Waals surface area contributed by atoms with Crippen molar-refractivity contribution < 1.29 is 14.4 Å². The molecule has 0 aliphatic rings. The van der Waals surface area contributed by atoms with Crippen molar-refractivity contribution >= 4 is 12.4 Å². The number of ether oxygens (including phenoxy) is 1. The lowest BCUT2D eigenvalue weighted by Gasteiger charge is -2.16. The van der Waals surface area contributed by atoms with Crippen LogP contribution in [0.4, 0.5) is 4.79 Å². The Hall–Kier alpha value is -1.06. The van der Waals surface area contributed by atoms with Crippen LogP contribution in [0.1, 0.15) is 34.1 Å². The lowest BCUT2D eigenvalue weighted by molar-refractivity contribution is -0.00600. The van der Waals surface area contributed by atoms with Crippen molar-refractivity contribution in [3.8, 4) is 0 Å². The summed E-state index contributed by atoms with van der Waals surface area (Å²) in [6.45, 7) is 7.18. The highest BCUT2D eigenvalue weighted by atomic mass is 16.8. The van der Waals surface area contributed by atoms with Crippen LogP contribution < -0.4 is 0 Å². The number of carbonyl (C=O) groups excluding carboxylic acids is 1. The van der Waals surface area contributed by atoms with Gasteiger partial charge in [0.25, 0.3) is 0 Å². The molecule has 0 amide bonds. The van der Waals surface area contributed by atoms with Gasteiger partial charge in [-0.1, -0.05) is 12.1 Å². The molecule has 0 saturated carbocycles. The molecule has 0 aromatic rings. The molecule has 0 aromatic heterocycles. The van der Waals surface area contributed by atoms with Crippen LogP contribution >= 0.6 is 0 Å². The number of hydrogen-bond donors (Lipinski definition) is 0. The molecule has 0 aliphatic heterocycles. The summed E-state index contributed by atoms with van der Waals surface area (Å²) >= 11 is 0. The van der Waals surface area contributed by atoms with Gasteiger partial charge in [-0.25, -0.2) is 4.79 Å². The minimum atomic E-state index is -0.771. The maximum Gasteiger partial charge on any atom is 0.535 e. The molecule has 0 rings (SSSR count). The largest absolute Gasteiger partial charge is 0.535 e. The topological polar surface area (TPSA) is 47.9 Å². The normalized spacial score (nSPS) is 11.7. The fraction of sp³-hybridized carbons (Fsp3) is 0.750. The van der Waals surface area contributed by atoms with Crippen molar-refractivity contribution in [1.29, 1.82) is 0 Å². The van der Waals surface area contributed by atoms with Crippen molar-refractivity contribution in [2.24, 2.45) is 5.16 Å². The molecule has 0 unspecified atom stereocenters. The second kappa shape index (κ2) is 4.74. The van der Waals surface area contributed by atoms with Gasteiger partial charge < -0.3 is 4.74 Å². The average Bonchev–Trinajstić information content (AvgIpc) is 1.84. The van der Waals surface area contributed by atoms with Crippen LogP contribution in [0.3, 0.4) is 0 Å². The van der Waals surface area contributed by atoms with Crippen LogP contribution in [0.15, 0.2) is 5.16 Å². The number of nitrogens with zero attached hydrogens (tertiary/aromatic N) is 1. The summed E-state index contributed by atoms with van der Waals surface area (Å²) in [6.07, 6.45) is 1.44. The lowest BCUT2D eigenvalue weighted by Crippen LogP contribution is -2.23. The summed E-state index contributed by atoms with van der Waals surface area (Å²) in [7, 11) is 0. The zero-order valence-corrected chi connectivity index (χ0v) is 7.96. The first-order chi connectivity index (χ1) is 5.45. The van der Waals surface area contributed by atoms with E-state index in [1.165, 1.54) is 6.21 Å². The third-order valence-corrected chi connectivity index (χ3v) is 0.774. The van der Waals surface area contributed by atoms with E-state index in [4.69, 9.17) is 4.74 Å². The van der Waals surface area contributed by atoms with E-state index in [1.807, 2.05) is 6.92 Å². The van der Waals surface area contributed by atoms with Gasteiger partial charge in [0.2, 0.25) is 0 Å². The van der Waals surface area contributed by atoms with Gasteiger partial charge in [-0.3, -0.25) is 4.84 Å². The molecule has 0 aromatic carbocycles. The molecule has 0 spiro atoms. The highest BCUT2D eigenvalue weighted by molar-refractivity contribution is 5.62. The summed E-state index contributed by atoms with van der Waals surface area (Å²) in [5, 5.41) is 3.37. The minimum Gasteiger partial charge on any atom is -0.427 e. The van der Waals surface area contributed by atoms with E-state index >= 15 is 0 Å². The minimum absolute atomic E-state index is 0.529. The molecule has 0 N–H and O–H groups in total. The van der Waals surface area contributed by atoms with E-state index < -0.39 is 11.8 Å². The Bertz CT molecular complexity index is 170. The summed E-state index contributed by atoms with van der Waals surface area (Å²) in [5.74, 6) is 0. The predicted molar refractivity (Wildman–Crippen MR) is 46.1 cm³/mol. The smallest absolute Gasteiger partial charge is 0.427 e. The van der Waals surface area contributed by atoms with Crippen molar-refractivity contribution in [3.63, 3.8) is 0 Å². The van der Waals surface area contributed by atoms with Crippen molar-refractivity contribution in [2.75, 3.05) is 0 Å². The van der Waals surface area contributed by atoms with Gasteiger partial charge in [0.1, 0.15) is 5.60 Å². The molecule has 0 aliphatic carbocycles. The first-order valence-electron chi connectivity index (χ1n) is 3.87. The summed E-state index contributed by atoms with van der Waals surface area (Å²) < 4.78 is 4.81. The number of hydrogen-bond acceptors (Lipinski definition) is 4. The molecule has 0 atom stereocenters. The van der Waals surface area contributed by atoms with Crippen LogP contribution in [-0.2, 0) is 9.57 Å². The molecule has 0 fully saturated rings. The fourth-order valence-corrected chi connectivity index (χ4v) is 0.423. The second-order valence-corrected chi connectivity index (χ2v) is 3.25. The molecule has 12 heavy (non-hydrogen) atoms. The zero-order chi connectivity index (χ0) is 9.61. The summed E-state index contributed by atoms with van der Waals surface area (Å²) in [4.78, 5) is 15.1. The molecular formula is C8H15NO3. The molecule has 0 saturated heterocycles. The fourth-order valence-electron chi connectivity index (χ4n) is 0.423. The zero-order valence-electron chi connectivity index (χ0n) is 7.96. The first-order valence-corrected chi connectivity index (χ1v) is 3.87. The van der Waals surface area contributed by atoms with Gasteiger partial charge in [-0.15, -0.1) is 0 Å². The van der Waals surface area contributed by atoms with Gasteiger partial charge in [0.05, 0.1) is 0 Å². The monoisotopic (exact) mass is 173 g/mol. The van der Waals surface area contributed by atoms with Crippen molar-refractivity contribution in [2.45, 2.75) is 39.7 Å². The van der Waals surface area contributed by atoms with Crippen molar-refractivity contribution in [3.05, 3.63) is 0 Å². The maximum atomic E-state index is 10.8. The second-order valence-electron chi connectivity index (χ2n) is 3.25. The number of rotatable bonds is 2. The third-order valence-electron chi connectivity index (χ3n) is 0.774. The van der Waals surface area contributed by atoms with E-state index in [9.17, 15) is 4.79 Å². The Balaban J connectivity index is 3.68. The van der Waals surface area contributed by atoms with Crippen LogP contribution in [0, 0.1) is 0 Å². The SMILES string of the molecule is CCC=NOC(=O)OC(C)(C)C. The van der Waals surface area contributed by atoms with Crippen LogP contribution in [-0.4, -0.2) is 18.0 Å². The third kappa shape index (κ3) is 7.05. The van der Waals surface area contributed by atoms with Gasteiger partial charge in [-0.2, -0.15) is 0 Å². The van der Waals surface area contributed by atoms with E-state index in [1.54, 1.807) is 20.8 Å². The van der Waals surface area contributed by atoms with E-state index in [-0.39, 0.29) is 0 Å². The van der Waals surface area contributed by atoms with Gasteiger partial charge in [0.15, 0.2) is 0 Å². The van der Waals surface area contributed by atoms with E-state index in [0.717, 1.165) is 6.42 Å².